The molecular formula is C11H16ClNO2. The minimum absolute atomic E-state index is 0.0876. The number of carbonyl (C=O) groups excluding carboxylic acids is 1. The van der Waals surface area contributed by atoms with E-state index in [9.17, 15) is 4.79 Å². The molecule has 1 aromatic heterocycles. The molecule has 0 bridgehead atoms. The maximum Gasteiger partial charge on any atom is 0.255 e. The van der Waals surface area contributed by atoms with Crippen molar-refractivity contribution in [1.82, 2.24) is 5.32 Å². The van der Waals surface area contributed by atoms with E-state index < -0.39 is 0 Å². The lowest BCUT2D eigenvalue weighted by Gasteiger charge is -2.11. The Morgan fingerprint density at radius 2 is 2.27 bits per heavy atom. The van der Waals surface area contributed by atoms with E-state index in [1.54, 1.807) is 13.0 Å². The number of hydrogen-bond acceptors (Lipinski definition) is 2. The summed E-state index contributed by atoms with van der Waals surface area (Å²) < 4.78 is 5.29. The summed E-state index contributed by atoms with van der Waals surface area (Å²) in [5, 5.41) is 2.87. The summed E-state index contributed by atoms with van der Waals surface area (Å²) in [6.07, 6.45) is 0.767. The molecule has 1 N–H and O–H groups in total. The summed E-state index contributed by atoms with van der Waals surface area (Å²) in [7, 11) is 0. The molecule has 1 rings (SSSR count). The molecule has 4 heteroatoms. The van der Waals surface area contributed by atoms with Crippen molar-refractivity contribution in [3.05, 3.63) is 23.2 Å². The van der Waals surface area contributed by atoms with Crippen molar-refractivity contribution in [2.24, 2.45) is 0 Å². The predicted molar refractivity (Wildman–Crippen MR) is 60.4 cm³/mol. The third kappa shape index (κ3) is 3.27. The van der Waals surface area contributed by atoms with Crippen LogP contribution in [-0.2, 0) is 0 Å². The van der Waals surface area contributed by atoms with Gasteiger partial charge in [0.15, 0.2) is 0 Å². The van der Waals surface area contributed by atoms with E-state index in [1.807, 2.05) is 13.8 Å². The maximum atomic E-state index is 11.7. The van der Waals surface area contributed by atoms with Gasteiger partial charge in [0.05, 0.1) is 5.56 Å². The summed E-state index contributed by atoms with van der Waals surface area (Å²) in [6, 6.07) is 1.84. The lowest BCUT2D eigenvalue weighted by molar-refractivity contribution is 0.0938. The van der Waals surface area contributed by atoms with E-state index in [0.29, 0.717) is 17.2 Å². The molecule has 1 unspecified atom stereocenters. The lowest BCUT2D eigenvalue weighted by Crippen LogP contribution is -2.32. The minimum atomic E-state index is -0.0954. The van der Waals surface area contributed by atoms with Gasteiger partial charge in [-0.15, -0.1) is 11.6 Å². The number of rotatable bonds is 4. The fourth-order valence-electron chi connectivity index (χ4n) is 1.39. The van der Waals surface area contributed by atoms with E-state index in [0.717, 1.165) is 12.2 Å². The Balaban J connectivity index is 2.65. The molecule has 1 amide bonds. The molecule has 0 saturated carbocycles. The maximum absolute atomic E-state index is 11.7. The number of furan rings is 1. The monoisotopic (exact) mass is 229 g/mol. The molecule has 1 atom stereocenters. The summed E-state index contributed by atoms with van der Waals surface area (Å²) in [5.41, 5.74) is 0.605. The second kappa shape index (κ2) is 5.21. The van der Waals surface area contributed by atoms with E-state index in [4.69, 9.17) is 16.0 Å². The van der Waals surface area contributed by atoms with Crippen LogP contribution in [0.25, 0.3) is 0 Å². The van der Waals surface area contributed by atoms with Crippen molar-refractivity contribution in [3.63, 3.8) is 0 Å². The Morgan fingerprint density at radius 3 is 2.73 bits per heavy atom. The number of nitrogens with one attached hydrogen (secondary N) is 1. The smallest absolute Gasteiger partial charge is 0.255 e. The molecule has 0 saturated heterocycles. The second-order valence-electron chi connectivity index (χ2n) is 3.68. The van der Waals surface area contributed by atoms with Gasteiger partial charge in [0.1, 0.15) is 11.5 Å². The fourth-order valence-corrected chi connectivity index (χ4v) is 1.72. The van der Waals surface area contributed by atoms with E-state index in [1.165, 1.54) is 0 Å². The molecule has 1 aromatic rings. The third-order valence-corrected chi connectivity index (χ3v) is 2.42. The number of carbonyl (C=O) groups is 1. The summed E-state index contributed by atoms with van der Waals surface area (Å²) in [4.78, 5) is 11.7. The zero-order chi connectivity index (χ0) is 11.4. The van der Waals surface area contributed by atoms with Gasteiger partial charge in [0.2, 0.25) is 0 Å². The number of alkyl halides is 1. The Bertz CT molecular complexity index is 346. The van der Waals surface area contributed by atoms with Gasteiger partial charge in [-0.25, -0.2) is 0 Å². The molecule has 0 aromatic carbocycles. The molecule has 1 heterocycles. The van der Waals surface area contributed by atoms with Gasteiger partial charge < -0.3 is 9.73 Å². The largest absolute Gasteiger partial charge is 0.466 e. The van der Waals surface area contributed by atoms with Crippen molar-refractivity contribution < 1.29 is 9.21 Å². The van der Waals surface area contributed by atoms with Gasteiger partial charge in [-0.3, -0.25) is 4.79 Å². The summed E-state index contributed by atoms with van der Waals surface area (Å²) in [5.74, 6) is 1.86. The molecule has 84 valence electrons. The number of amides is 1. The molecule has 0 radical (unpaired) electrons. The van der Waals surface area contributed by atoms with Crippen LogP contribution in [-0.4, -0.2) is 17.8 Å². The second-order valence-corrected chi connectivity index (χ2v) is 4.06. The molecule has 3 nitrogen and oxygen atoms in total. The van der Waals surface area contributed by atoms with E-state index in [-0.39, 0.29) is 11.9 Å². The topological polar surface area (TPSA) is 42.2 Å². The first kappa shape index (κ1) is 12.1. The van der Waals surface area contributed by atoms with Crippen molar-refractivity contribution in [2.45, 2.75) is 33.2 Å². The third-order valence-electron chi connectivity index (χ3n) is 2.21. The van der Waals surface area contributed by atoms with Gasteiger partial charge in [0, 0.05) is 11.9 Å². The molecule has 0 spiro atoms. The quantitative estimate of drug-likeness (QED) is 0.807. The first-order valence-corrected chi connectivity index (χ1v) is 5.52. The van der Waals surface area contributed by atoms with Crippen molar-refractivity contribution in [1.29, 1.82) is 0 Å². The van der Waals surface area contributed by atoms with Crippen LogP contribution in [0.1, 0.15) is 35.2 Å². The zero-order valence-corrected chi connectivity index (χ0v) is 10.0. The Kier molecular flexibility index (Phi) is 4.21. The molecular weight excluding hydrogens is 214 g/mol. The lowest BCUT2D eigenvalue weighted by atomic mass is 10.2. The molecule has 0 aliphatic carbocycles. The molecule has 0 aliphatic heterocycles. The minimum Gasteiger partial charge on any atom is -0.466 e. The van der Waals surface area contributed by atoms with E-state index >= 15 is 0 Å². The van der Waals surface area contributed by atoms with Crippen molar-refractivity contribution in [2.75, 3.05) is 5.88 Å². The highest BCUT2D eigenvalue weighted by molar-refractivity contribution is 6.17. The summed E-state index contributed by atoms with van der Waals surface area (Å²) in [6.45, 7) is 5.54. The highest BCUT2D eigenvalue weighted by Gasteiger charge is 2.14. The van der Waals surface area contributed by atoms with Crippen LogP contribution in [0.15, 0.2) is 10.5 Å². The molecule has 0 fully saturated rings. The van der Waals surface area contributed by atoms with Crippen LogP contribution in [0.2, 0.25) is 0 Å². The fraction of sp³-hybridized carbons (Fsp3) is 0.545. The highest BCUT2D eigenvalue weighted by atomic mass is 35.5. The normalized spacial score (nSPS) is 12.5. The number of halogens is 1. The van der Waals surface area contributed by atoms with E-state index in [2.05, 4.69) is 5.32 Å². The van der Waals surface area contributed by atoms with Crippen LogP contribution in [0, 0.1) is 13.8 Å². The first-order valence-electron chi connectivity index (χ1n) is 4.98. The first-order chi connectivity index (χ1) is 7.04. The predicted octanol–water partition coefficient (Wildman–Crippen LogP) is 2.64. The number of hydrogen-bond donors (Lipinski definition) is 1. The van der Waals surface area contributed by atoms with Crippen LogP contribution >= 0.6 is 11.6 Å². The van der Waals surface area contributed by atoms with Crippen LogP contribution < -0.4 is 5.32 Å². The van der Waals surface area contributed by atoms with Crippen LogP contribution in [0.4, 0.5) is 0 Å². The number of aryl methyl sites for hydroxylation is 2. The van der Waals surface area contributed by atoms with Gasteiger partial charge in [0.25, 0.3) is 5.91 Å². The zero-order valence-electron chi connectivity index (χ0n) is 9.26. The SMILES string of the molecule is Cc1cc(C(=O)NC(C)CCCl)c(C)o1. The van der Waals surface area contributed by atoms with Crippen molar-refractivity contribution >= 4 is 17.5 Å². The van der Waals surface area contributed by atoms with Gasteiger partial charge in [-0.05, 0) is 33.3 Å². The van der Waals surface area contributed by atoms with Crippen LogP contribution in [0.3, 0.4) is 0 Å². The van der Waals surface area contributed by atoms with Gasteiger partial charge in [-0.2, -0.15) is 0 Å². The standard InChI is InChI=1S/C11H16ClNO2/c1-7(4-5-12)13-11(14)10-6-8(2)15-9(10)3/h6-7H,4-5H2,1-3H3,(H,13,14). The Morgan fingerprint density at radius 1 is 1.60 bits per heavy atom. The van der Waals surface area contributed by atoms with Gasteiger partial charge >= 0.3 is 0 Å². The van der Waals surface area contributed by atoms with Crippen molar-refractivity contribution in [3.8, 4) is 0 Å². The average molecular weight is 230 g/mol. The Labute approximate surface area is 94.8 Å². The Hall–Kier alpha value is -0.960. The average Bonchev–Trinajstić information content (AvgIpc) is 2.45. The molecule has 0 aliphatic rings. The van der Waals surface area contributed by atoms with Gasteiger partial charge in [-0.1, -0.05) is 0 Å². The highest BCUT2D eigenvalue weighted by Crippen LogP contribution is 2.13. The summed E-state index contributed by atoms with van der Waals surface area (Å²) >= 11 is 5.59. The molecule has 15 heavy (non-hydrogen) atoms. The van der Waals surface area contributed by atoms with Crippen LogP contribution in [0.5, 0.6) is 0 Å².